The van der Waals surface area contributed by atoms with E-state index in [2.05, 4.69) is 10.2 Å². The molecule has 0 amide bonds. The summed E-state index contributed by atoms with van der Waals surface area (Å²) < 4.78 is 5.34. The van der Waals surface area contributed by atoms with E-state index >= 15 is 0 Å². The summed E-state index contributed by atoms with van der Waals surface area (Å²) in [6.45, 7) is 0. The standard InChI is InChI=1S/C15H11ClN2O2/c1-20-13-7-6-9(16)8-12(13)14-10-4-2-3-5-11(10)15(19)18-17-14/h2-8H,1H3,(H,18,19). The van der Waals surface area contributed by atoms with Crippen LogP contribution >= 0.6 is 11.6 Å². The first kappa shape index (κ1) is 12.7. The molecule has 0 spiro atoms. The molecular formula is C15H11ClN2O2. The molecule has 5 heteroatoms. The maximum Gasteiger partial charge on any atom is 0.272 e. The van der Waals surface area contributed by atoms with Gasteiger partial charge in [-0.25, -0.2) is 5.10 Å². The number of nitrogens with one attached hydrogen (secondary N) is 1. The van der Waals surface area contributed by atoms with Crippen LogP contribution in [0.1, 0.15) is 0 Å². The van der Waals surface area contributed by atoms with Gasteiger partial charge in [-0.15, -0.1) is 0 Å². The molecule has 2 aromatic carbocycles. The second-order valence-corrected chi connectivity index (χ2v) is 4.73. The topological polar surface area (TPSA) is 55.0 Å². The Labute approximate surface area is 120 Å². The van der Waals surface area contributed by atoms with Crippen molar-refractivity contribution in [3.8, 4) is 17.0 Å². The summed E-state index contributed by atoms with van der Waals surface area (Å²) in [4.78, 5) is 11.8. The average Bonchev–Trinajstić information content (AvgIpc) is 2.48. The van der Waals surface area contributed by atoms with E-state index in [1.54, 1.807) is 31.4 Å². The van der Waals surface area contributed by atoms with Gasteiger partial charge in [0, 0.05) is 16.0 Å². The van der Waals surface area contributed by atoms with E-state index in [4.69, 9.17) is 16.3 Å². The number of rotatable bonds is 2. The first-order valence-corrected chi connectivity index (χ1v) is 6.40. The van der Waals surface area contributed by atoms with Crippen molar-refractivity contribution in [1.82, 2.24) is 10.2 Å². The van der Waals surface area contributed by atoms with E-state index in [0.717, 1.165) is 10.9 Å². The Morgan fingerprint density at radius 2 is 1.90 bits per heavy atom. The summed E-state index contributed by atoms with van der Waals surface area (Å²) >= 11 is 6.05. The van der Waals surface area contributed by atoms with E-state index in [0.29, 0.717) is 21.9 Å². The van der Waals surface area contributed by atoms with Gasteiger partial charge >= 0.3 is 0 Å². The Kier molecular flexibility index (Phi) is 3.16. The van der Waals surface area contributed by atoms with Crippen molar-refractivity contribution in [3.63, 3.8) is 0 Å². The molecule has 100 valence electrons. The molecular weight excluding hydrogens is 276 g/mol. The normalized spacial score (nSPS) is 10.7. The molecule has 0 unspecified atom stereocenters. The quantitative estimate of drug-likeness (QED) is 0.787. The average molecular weight is 287 g/mol. The highest BCUT2D eigenvalue weighted by atomic mass is 35.5. The fraction of sp³-hybridized carbons (Fsp3) is 0.0667. The first-order valence-electron chi connectivity index (χ1n) is 6.02. The van der Waals surface area contributed by atoms with Crippen molar-refractivity contribution < 1.29 is 4.74 Å². The molecule has 3 aromatic rings. The Bertz CT molecular complexity index is 843. The van der Waals surface area contributed by atoms with E-state index in [1.807, 2.05) is 18.2 Å². The van der Waals surface area contributed by atoms with Crippen LogP contribution in [0.5, 0.6) is 5.75 Å². The van der Waals surface area contributed by atoms with Crippen molar-refractivity contribution in [2.45, 2.75) is 0 Å². The number of ether oxygens (including phenoxy) is 1. The minimum atomic E-state index is -0.217. The highest BCUT2D eigenvalue weighted by Gasteiger charge is 2.13. The number of methoxy groups -OCH3 is 1. The number of aromatic nitrogens is 2. The predicted octanol–water partition coefficient (Wildman–Crippen LogP) is 3.25. The minimum Gasteiger partial charge on any atom is -0.496 e. The lowest BCUT2D eigenvalue weighted by Gasteiger charge is -2.10. The Morgan fingerprint density at radius 3 is 2.65 bits per heavy atom. The molecule has 1 aromatic heterocycles. The highest BCUT2D eigenvalue weighted by Crippen LogP contribution is 2.34. The number of nitrogens with zero attached hydrogens (tertiary/aromatic N) is 1. The van der Waals surface area contributed by atoms with Crippen LogP contribution in [0.15, 0.2) is 47.3 Å². The van der Waals surface area contributed by atoms with Crippen molar-refractivity contribution in [3.05, 3.63) is 57.8 Å². The van der Waals surface area contributed by atoms with Crippen LogP contribution in [-0.2, 0) is 0 Å². The number of hydrogen-bond donors (Lipinski definition) is 1. The second kappa shape index (κ2) is 4.98. The van der Waals surface area contributed by atoms with Gasteiger partial charge in [0.25, 0.3) is 5.56 Å². The fourth-order valence-electron chi connectivity index (χ4n) is 2.19. The lowest BCUT2D eigenvalue weighted by molar-refractivity contribution is 0.416. The first-order chi connectivity index (χ1) is 9.70. The van der Waals surface area contributed by atoms with E-state index in [1.165, 1.54) is 0 Å². The van der Waals surface area contributed by atoms with Gasteiger partial charge in [-0.3, -0.25) is 4.79 Å². The lowest BCUT2D eigenvalue weighted by Crippen LogP contribution is -2.09. The van der Waals surface area contributed by atoms with Crippen molar-refractivity contribution in [2.24, 2.45) is 0 Å². The zero-order valence-corrected chi connectivity index (χ0v) is 11.4. The number of aromatic amines is 1. The van der Waals surface area contributed by atoms with Crippen LogP contribution < -0.4 is 10.3 Å². The van der Waals surface area contributed by atoms with Crippen molar-refractivity contribution in [2.75, 3.05) is 7.11 Å². The van der Waals surface area contributed by atoms with Gasteiger partial charge in [-0.05, 0) is 24.3 Å². The highest BCUT2D eigenvalue weighted by molar-refractivity contribution is 6.31. The number of hydrogen-bond acceptors (Lipinski definition) is 3. The van der Waals surface area contributed by atoms with Crippen LogP contribution in [-0.4, -0.2) is 17.3 Å². The molecule has 1 N–H and O–H groups in total. The molecule has 0 radical (unpaired) electrons. The van der Waals surface area contributed by atoms with E-state index in [-0.39, 0.29) is 5.56 Å². The Hall–Kier alpha value is -2.33. The molecule has 4 nitrogen and oxygen atoms in total. The van der Waals surface area contributed by atoms with Crippen LogP contribution in [0.3, 0.4) is 0 Å². The van der Waals surface area contributed by atoms with Crippen LogP contribution in [0.25, 0.3) is 22.0 Å². The summed E-state index contributed by atoms with van der Waals surface area (Å²) in [5, 5.41) is 8.58. The van der Waals surface area contributed by atoms with Crippen LogP contribution in [0, 0.1) is 0 Å². The third kappa shape index (κ3) is 2.04. The molecule has 1 heterocycles. The molecule has 0 aliphatic heterocycles. The molecule has 0 fully saturated rings. The van der Waals surface area contributed by atoms with E-state index < -0.39 is 0 Å². The maximum atomic E-state index is 11.8. The number of fused-ring (bicyclic) bond motifs is 1. The Balaban J connectivity index is 2.39. The SMILES string of the molecule is COc1ccc(Cl)cc1-c1n[nH]c(=O)c2ccccc12. The zero-order valence-electron chi connectivity index (χ0n) is 10.7. The smallest absolute Gasteiger partial charge is 0.272 e. The third-order valence-electron chi connectivity index (χ3n) is 3.11. The molecule has 0 aliphatic carbocycles. The molecule has 3 rings (SSSR count). The maximum absolute atomic E-state index is 11.8. The van der Waals surface area contributed by atoms with Gasteiger partial charge in [0.2, 0.25) is 0 Å². The van der Waals surface area contributed by atoms with Crippen molar-refractivity contribution >= 4 is 22.4 Å². The molecule has 0 aliphatic rings. The van der Waals surface area contributed by atoms with Gasteiger partial charge in [0.05, 0.1) is 12.5 Å². The van der Waals surface area contributed by atoms with Gasteiger partial charge in [0.15, 0.2) is 0 Å². The van der Waals surface area contributed by atoms with Gasteiger partial charge in [-0.2, -0.15) is 5.10 Å². The number of halogens is 1. The summed E-state index contributed by atoms with van der Waals surface area (Å²) in [7, 11) is 1.58. The summed E-state index contributed by atoms with van der Waals surface area (Å²) in [5.74, 6) is 0.652. The molecule has 0 saturated heterocycles. The fourth-order valence-corrected chi connectivity index (χ4v) is 2.36. The van der Waals surface area contributed by atoms with Crippen molar-refractivity contribution in [1.29, 1.82) is 0 Å². The largest absolute Gasteiger partial charge is 0.496 e. The predicted molar refractivity (Wildman–Crippen MR) is 79.4 cm³/mol. The minimum absolute atomic E-state index is 0.217. The van der Waals surface area contributed by atoms with Gasteiger partial charge in [-0.1, -0.05) is 29.8 Å². The summed E-state index contributed by atoms with van der Waals surface area (Å²) in [5.41, 5.74) is 1.16. The number of benzene rings is 2. The van der Waals surface area contributed by atoms with Crippen LogP contribution in [0.4, 0.5) is 0 Å². The van der Waals surface area contributed by atoms with Gasteiger partial charge in [0.1, 0.15) is 11.4 Å². The zero-order chi connectivity index (χ0) is 14.1. The monoisotopic (exact) mass is 286 g/mol. The summed E-state index contributed by atoms with van der Waals surface area (Å²) in [6, 6.07) is 12.6. The molecule has 20 heavy (non-hydrogen) atoms. The second-order valence-electron chi connectivity index (χ2n) is 4.29. The van der Waals surface area contributed by atoms with E-state index in [9.17, 15) is 4.79 Å². The summed E-state index contributed by atoms with van der Waals surface area (Å²) in [6.07, 6.45) is 0. The Morgan fingerprint density at radius 1 is 1.15 bits per heavy atom. The van der Waals surface area contributed by atoms with Gasteiger partial charge < -0.3 is 4.74 Å². The molecule has 0 atom stereocenters. The molecule has 0 bridgehead atoms. The molecule has 0 saturated carbocycles. The third-order valence-corrected chi connectivity index (χ3v) is 3.35. The number of H-pyrrole nitrogens is 1. The van der Waals surface area contributed by atoms with Crippen LogP contribution in [0.2, 0.25) is 5.02 Å². The lowest BCUT2D eigenvalue weighted by atomic mass is 10.0.